The minimum atomic E-state index is -0.249. The van der Waals surface area contributed by atoms with Crippen molar-refractivity contribution in [1.82, 2.24) is 0 Å². The minimum absolute atomic E-state index is 0.174. The third-order valence-corrected chi connectivity index (χ3v) is 9.65. The van der Waals surface area contributed by atoms with Crippen LogP contribution in [0.15, 0.2) is 36.4 Å². The van der Waals surface area contributed by atoms with Crippen LogP contribution in [-0.4, -0.2) is 0 Å². The highest BCUT2D eigenvalue weighted by Crippen LogP contribution is 2.76. The molecule has 2 nitrogen and oxygen atoms in total. The van der Waals surface area contributed by atoms with E-state index < -0.39 is 0 Å². The molecule has 0 radical (unpaired) electrons. The smallest absolute Gasteiger partial charge is 0.0980 e. The summed E-state index contributed by atoms with van der Waals surface area (Å²) in [6, 6.07) is 14.1. The van der Waals surface area contributed by atoms with Crippen molar-refractivity contribution in [2.75, 3.05) is 0 Å². The van der Waals surface area contributed by atoms with Crippen molar-refractivity contribution in [3.05, 3.63) is 69.8 Å². The van der Waals surface area contributed by atoms with Crippen LogP contribution < -0.4 is 0 Å². The molecule has 2 fully saturated rings. The molecule has 2 heteroatoms. The number of benzene rings is 2. The lowest BCUT2D eigenvalue weighted by Gasteiger charge is -2.39. The molecule has 0 saturated carbocycles. The zero-order valence-corrected chi connectivity index (χ0v) is 21.7. The van der Waals surface area contributed by atoms with Gasteiger partial charge in [-0.15, -0.1) is 0 Å². The van der Waals surface area contributed by atoms with E-state index in [-0.39, 0.29) is 23.4 Å². The first kappa shape index (κ1) is 22.8. The van der Waals surface area contributed by atoms with E-state index in [1.807, 2.05) is 0 Å². The second-order valence-electron chi connectivity index (χ2n) is 11.8. The highest BCUT2D eigenvalue weighted by Gasteiger charge is 2.74. The second-order valence-corrected chi connectivity index (χ2v) is 11.8. The van der Waals surface area contributed by atoms with Crippen molar-refractivity contribution >= 4 is 0 Å². The van der Waals surface area contributed by atoms with E-state index in [1.165, 1.54) is 86.5 Å². The Morgan fingerprint density at radius 3 is 1.59 bits per heavy atom. The summed E-state index contributed by atoms with van der Waals surface area (Å²) in [7, 11) is 0. The highest BCUT2D eigenvalue weighted by atomic mass is 16.6. The zero-order valence-electron chi connectivity index (χ0n) is 21.7. The average Bonchev–Trinajstić information content (AvgIpc) is 3.54. The number of unbranched alkanes of at least 4 members (excludes halogenated alkanes) is 6. The molecule has 2 aromatic rings. The maximum absolute atomic E-state index is 7.11. The molecule has 2 saturated heterocycles. The third-order valence-electron chi connectivity index (χ3n) is 9.65. The molecule has 4 aliphatic heterocycles. The highest BCUT2D eigenvalue weighted by molar-refractivity contribution is 5.54. The van der Waals surface area contributed by atoms with Gasteiger partial charge in [0.25, 0.3) is 0 Å². The number of aryl methyl sites for hydroxylation is 2. The number of hydrogen-bond acceptors (Lipinski definition) is 2. The van der Waals surface area contributed by atoms with E-state index in [0.29, 0.717) is 11.8 Å². The van der Waals surface area contributed by atoms with E-state index in [9.17, 15) is 0 Å². The lowest BCUT2D eigenvalue weighted by atomic mass is 9.58. The summed E-state index contributed by atoms with van der Waals surface area (Å²) in [6.45, 7) is 9.35. The van der Waals surface area contributed by atoms with Gasteiger partial charge in [0.1, 0.15) is 0 Å². The van der Waals surface area contributed by atoms with E-state index in [4.69, 9.17) is 9.47 Å². The molecule has 0 aliphatic carbocycles. The molecule has 0 spiro atoms. The van der Waals surface area contributed by atoms with Crippen LogP contribution in [0.5, 0.6) is 0 Å². The van der Waals surface area contributed by atoms with Gasteiger partial charge in [-0.25, -0.2) is 0 Å². The molecule has 182 valence electrons. The van der Waals surface area contributed by atoms with Crippen molar-refractivity contribution < 1.29 is 9.47 Å². The van der Waals surface area contributed by atoms with Crippen LogP contribution >= 0.6 is 0 Å². The lowest BCUT2D eigenvalue weighted by molar-refractivity contribution is -0.122. The van der Waals surface area contributed by atoms with Gasteiger partial charge in [-0.3, -0.25) is 0 Å². The Morgan fingerprint density at radius 1 is 0.676 bits per heavy atom. The molecule has 0 aromatic heterocycles. The fourth-order valence-corrected chi connectivity index (χ4v) is 8.04. The van der Waals surface area contributed by atoms with Gasteiger partial charge in [-0.05, 0) is 72.9 Å². The zero-order chi connectivity index (χ0) is 23.5. The van der Waals surface area contributed by atoms with Crippen LogP contribution in [0.4, 0.5) is 0 Å². The second kappa shape index (κ2) is 8.49. The van der Waals surface area contributed by atoms with Crippen LogP contribution in [0.2, 0.25) is 0 Å². The Bertz CT molecular complexity index is 991. The molecule has 4 bridgehead atoms. The molecule has 6 rings (SSSR count). The van der Waals surface area contributed by atoms with E-state index in [1.54, 1.807) is 11.1 Å². The molecular formula is C32H42O2. The number of fused-ring (bicyclic) bond motifs is 15. The summed E-state index contributed by atoms with van der Waals surface area (Å²) in [4.78, 5) is 0. The Balaban J connectivity index is 1.37. The Hall–Kier alpha value is -1.64. The molecule has 34 heavy (non-hydrogen) atoms. The molecular weight excluding hydrogens is 416 g/mol. The van der Waals surface area contributed by atoms with Crippen molar-refractivity contribution in [3.8, 4) is 0 Å². The molecule has 4 heterocycles. The monoisotopic (exact) mass is 458 g/mol. The van der Waals surface area contributed by atoms with Crippen LogP contribution in [0.3, 0.4) is 0 Å². The van der Waals surface area contributed by atoms with E-state index in [2.05, 4.69) is 64.1 Å². The molecule has 4 aliphatic rings. The summed E-state index contributed by atoms with van der Waals surface area (Å²) >= 11 is 0. The van der Waals surface area contributed by atoms with Gasteiger partial charge in [-0.2, -0.15) is 0 Å². The SMILES string of the molecule is CCCCCCc1cc2c(cc1CCCCCC)[C@@]1(C)O[C@]2(C)[C@H]2[C@@H]1[C@@H]1O[C@H]2c2ccccc21. The van der Waals surface area contributed by atoms with Crippen molar-refractivity contribution in [3.63, 3.8) is 0 Å². The summed E-state index contributed by atoms with van der Waals surface area (Å²) < 4.78 is 13.8. The maximum Gasteiger partial charge on any atom is 0.0980 e. The summed E-state index contributed by atoms with van der Waals surface area (Å²) in [5.74, 6) is 0.821. The molecule has 0 unspecified atom stereocenters. The van der Waals surface area contributed by atoms with Crippen molar-refractivity contribution in [2.45, 2.75) is 115 Å². The van der Waals surface area contributed by atoms with Crippen LogP contribution in [-0.2, 0) is 33.5 Å². The third kappa shape index (κ3) is 3.14. The molecule has 0 amide bonds. The van der Waals surface area contributed by atoms with E-state index in [0.717, 1.165) is 0 Å². The Kier molecular flexibility index (Phi) is 5.69. The summed E-state index contributed by atoms with van der Waals surface area (Å²) in [5, 5.41) is 0. The van der Waals surface area contributed by atoms with E-state index >= 15 is 0 Å². The fourth-order valence-electron chi connectivity index (χ4n) is 8.04. The quantitative estimate of drug-likeness (QED) is 0.332. The largest absolute Gasteiger partial charge is 0.365 e. The first-order chi connectivity index (χ1) is 16.5. The van der Waals surface area contributed by atoms with Gasteiger partial charge in [0.15, 0.2) is 0 Å². The van der Waals surface area contributed by atoms with Crippen molar-refractivity contribution in [2.24, 2.45) is 11.8 Å². The normalized spacial score (nSPS) is 33.9. The van der Waals surface area contributed by atoms with Crippen molar-refractivity contribution in [1.29, 1.82) is 0 Å². The van der Waals surface area contributed by atoms with Gasteiger partial charge < -0.3 is 9.47 Å². The fraction of sp³-hybridized carbons (Fsp3) is 0.625. The van der Waals surface area contributed by atoms with Crippen LogP contribution in [0.25, 0.3) is 0 Å². The van der Waals surface area contributed by atoms with Gasteiger partial charge in [0, 0.05) is 11.8 Å². The molecule has 6 atom stereocenters. The number of rotatable bonds is 10. The van der Waals surface area contributed by atoms with Gasteiger partial charge in [0.2, 0.25) is 0 Å². The predicted octanol–water partition coefficient (Wildman–Crippen LogP) is 8.47. The Labute approximate surface area is 206 Å². The average molecular weight is 459 g/mol. The Morgan fingerprint density at radius 2 is 1.15 bits per heavy atom. The predicted molar refractivity (Wildman–Crippen MR) is 138 cm³/mol. The lowest BCUT2D eigenvalue weighted by Crippen LogP contribution is -2.40. The molecule has 2 aromatic carbocycles. The maximum atomic E-state index is 7.11. The summed E-state index contributed by atoms with van der Waals surface area (Å²) in [6.07, 6.45) is 13.3. The van der Waals surface area contributed by atoms with Crippen LogP contribution in [0, 0.1) is 11.8 Å². The first-order valence-electron chi connectivity index (χ1n) is 14.1. The number of hydrogen-bond donors (Lipinski definition) is 0. The van der Waals surface area contributed by atoms with Crippen LogP contribution in [0.1, 0.15) is 125 Å². The molecule has 0 N–H and O–H groups in total. The van der Waals surface area contributed by atoms with Gasteiger partial charge >= 0.3 is 0 Å². The number of ether oxygens (including phenoxy) is 2. The topological polar surface area (TPSA) is 18.5 Å². The first-order valence-corrected chi connectivity index (χ1v) is 14.1. The minimum Gasteiger partial charge on any atom is -0.365 e. The standard InChI is InChI=1S/C32H42O2/c1-5-7-9-11-15-21-19-25-26(20-22(21)16-12-10-8-6-2)32(4)28-27(31(25,3)34-32)29-23-17-13-14-18-24(23)30(28)33-29/h13-14,17-20,27-30H,5-12,15-16H2,1-4H3/t27-,28+,29-,30+,31-,32+. The summed E-state index contributed by atoms with van der Waals surface area (Å²) in [5.41, 5.74) is 8.43. The van der Waals surface area contributed by atoms with Gasteiger partial charge in [0.05, 0.1) is 23.4 Å². The van der Waals surface area contributed by atoms with Gasteiger partial charge in [-0.1, -0.05) is 88.8 Å².